The molecule has 0 saturated carbocycles. The third-order valence-corrected chi connectivity index (χ3v) is 5.55. The highest BCUT2D eigenvalue weighted by molar-refractivity contribution is 5.91. The van der Waals surface area contributed by atoms with Gasteiger partial charge in [-0.25, -0.2) is 0 Å². The average molecular weight is 422 g/mol. The lowest BCUT2D eigenvalue weighted by Crippen LogP contribution is -2.46. The minimum atomic E-state index is -0.593. The molecule has 0 spiro atoms. The predicted molar refractivity (Wildman–Crippen MR) is 128 cm³/mol. The number of aliphatic hydroxyl groups is 1. The molecular formula is C27H35NO3. The molecule has 0 aliphatic carbocycles. The van der Waals surface area contributed by atoms with Crippen LogP contribution in [0.5, 0.6) is 11.5 Å². The van der Waals surface area contributed by atoms with E-state index in [4.69, 9.17) is 9.47 Å². The van der Waals surface area contributed by atoms with E-state index in [1.54, 1.807) is 7.11 Å². The summed E-state index contributed by atoms with van der Waals surface area (Å²) in [6.07, 6.45) is 2.43. The molecule has 31 heavy (non-hydrogen) atoms. The number of hydrogen-bond acceptors (Lipinski definition) is 4. The number of aliphatic hydroxyl groups excluding tert-OH is 1. The zero-order valence-electron chi connectivity index (χ0n) is 19.2. The fourth-order valence-corrected chi connectivity index (χ4v) is 3.90. The van der Waals surface area contributed by atoms with Gasteiger partial charge in [0.15, 0.2) is 0 Å². The molecule has 4 nitrogen and oxygen atoms in total. The standard InChI is InChI=1S/C27H35NO3/c1-5-8-21-13-16-26(25-10-7-6-9-24(21)25)31-19-22(29)18-28-27(2,3)17-20-11-14-23(30-4)15-12-20/h6-7,9-16,22,28-29H,5,8,17-19H2,1-4H3. The molecule has 0 aromatic heterocycles. The summed E-state index contributed by atoms with van der Waals surface area (Å²) in [5, 5.41) is 16.3. The number of nitrogens with one attached hydrogen (secondary N) is 1. The Balaban J connectivity index is 1.55. The second kappa shape index (κ2) is 10.7. The van der Waals surface area contributed by atoms with Crippen molar-refractivity contribution in [2.75, 3.05) is 20.3 Å². The monoisotopic (exact) mass is 421 g/mol. The first-order chi connectivity index (χ1) is 14.9. The van der Waals surface area contributed by atoms with Crippen LogP contribution in [0.3, 0.4) is 0 Å². The van der Waals surface area contributed by atoms with Crippen LogP contribution in [0.4, 0.5) is 0 Å². The largest absolute Gasteiger partial charge is 0.497 e. The highest BCUT2D eigenvalue weighted by atomic mass is 16.5. The molecule has 166 valence electrons. The van der Waals surface area contributed by atoms with Gasteiger partial charge in [-0.3, -0.25) is 0 Å². The van der Waals surface area contributed by atoms with Crippen molar-refractivity contribution in [3.8, 4) is 11.5 Å². The number of methoxy groups -OCH3 is 1. The quantitative estimate of drug-likeness (QED) is 0.449. The van der Waals surface area contributed by atoms with E-state index in [9.17, 15) is 5.11 Å². The number of rotatable bonds is 11. The van der Waals surface area contributed by atoms with Gasteiger partial charge in [-0.05, 0) is 61.4 Å². The summed E-state index contributed by atoms with van der Waals surface area (Å²) in [7, 11) is 1.67. The van der Waals surface area contributed by atoms with E-state index < -0.39 is 6.10 Å². The molecule has 0 bridgehead atoms. The van der Waals surface area contributed by atoms with Crippen molar-refractivity contribution in [2.45, 2.75) is 51.7 Å². The maximum atomic E-state index is 10.5. The van der Waals surface area contributed by atoms with E-state index in [1.165, 1.54) is 16.5 Å². The lowest BCUT2D eigenvalue weighted by atomic mass is 9.94. The third kappa shape index (κ3) is 6.46. The number of aryl methyl sites for hydroxylation is 1. The Bertz CT molecular complexity index is 966. The minimum Gasteiger partial charge on any atom is -0.497 e. The van der Waals surface area contributed by atoms with Crippen LogP contribution in [0.2, 0.25) is 0 Å². The Morgan fingerprint density at radius 1 is 0.968 bits per heavy atom. The number of β-amino-alcohol motifs (C(OH)–C–C–N with tert-alkyl or cyclic N) is 1. The predicted octanol–water partition coefficient (Wildman–Crippen LogP) is 5.15. The molecule has 4 heteroatoms. The molecule has 3 aromatic carbocycles. The van der Waals surface area contributed by atoms with Gasteiger partial charge in [0.25, 0.3) is 0 Å². The zero-order chi connectivity index (χ0) is 22.3. The third-order valence-electron chi connectivity index (χ3n) is 5.55. The van der Waals surface area contributed by atoms with E-state index in [-0.39, 0.29) is 12.1 Å². The molecule has 0 aliphatic rings. The molecule has 0 fully saturated rings. The van der Waals surface area contributed by atoms with Gasteiger partial charge in [0.1, 0.15) is 24.2 Å². The van der Waals surface area contributed by atoms with Gasteiger partial charge in [0.05, 0.1) is 7.11 Å². The molecule has 0 saturated heterocycles. The topological polar surface area (TPSA) is 50.7 Å². The Hall–Kier alpha value is -2.56. The van der Waals surface area contributed by atoms with Gasteiger partial charge in [-0.2, -0.15) is 0 Å². The Morgan fingerprint density at radius 2 is 1.68 bits per heavy atom. The summed E-state index contributed by atoms with van der Waals surface area (Å²) in [6.45, 7) is 7.20. The first kappa shape index (κ1) is 23.1. The Kier molecular flexibility index (Phi) is 7.94. The van der Waals surface area contributed by atoms with Crippen LogP contribution in [-0.4, -0.2) is 37.0 Å². The summed E-state index contributed by atoms with van der Waals surface area (Å²) in [5.41, 5.74) is 2.42. The smallest absolute Gasteiger partial charge is 0.127 e. The number of hydrogen-bond donors (Lipinski definition) is 2. The van der Waals surface area contributed by atoms with E-state index >= 15 is 0 Å². The van der Waals surface area contributed by atoms with Crippen molar-refractivity contribution in [1.29, 1.82) is 0 Å². The Morgan fingerprint density at radius 3 is 2.35 bits per heavy atom. The van der Waals surface area contributed by atoms with Crippen molar-refractivity contribution in [3.63, 3.8) is 0 Å². The second-order valence-corrected chi connectivity index (χ2v) is 8.77. The molecule has 0 amide bonds. The molecule has 1 atom stereocenters. The van der Waals surface area contributed by atoms with Crippen molar-refractivity contribution < 1.29 is 14.6 Å². The van der Waals surface area contributed by atoms with E-state index in [2.05, 4.69) is 62.5 Å². The van der Waals surface area contributed by atoms with Crippen LogP contribution < -0.4 is 14.8 Å². The van der Waals surface area contributed by atoms with Gasteiger partial charge in [-0.15, -0.1) is 0 Å². The fraction of sp³-hybridized carbons (Fsp3) is 0.407. The van der Waals surface area contributed by atoms with Crippen LogP contribution in [-0.2, 0) is 12.8 Å². The zero-order valence-corrected chi connectivity index (χ0v) is 19.2. The summed E-state index contributed by atoms with van der Waals surface area (Å²) >= 11 is 0. The van der Waals surface area contributed by atoms with Gasteiger partial charge in [0, 0.05) is 17.5 Å². The van der Waals surface area contributed by atoms with E-state index in [1.807, 2.05) is 24.3 Å². The molecule has 3 rings (SSSR count). The van der Waals surface area contributed by atoms with E-state index in [0.717, 1.165) is 36.1 Å². The van der Waals surface area contributed by atoms with Crippen molar-refractivity contribution in [1.82, 2.24) is 5.32 Å². The van der Waals surface area contributed by atoms with Crippen LogP contribution in [0.25, 0.3) is 10.8 Å². The first-order valence-electron chi connectivity index (χ1n) is 11.1. The SMILES string of the molecule is CCCc1ccc(OCC(O)CNC(C)(C)Cc2ccc(OC)cc2)c2ccccc12. The lowest BCUT2D eigenvalue weighted by Gasteiger charge is -2.28. The second-order valence-electron chi connectivity index (χ2n) is 8.77. The summed E-state index contributed by atoms with van der Waals surface area (Å²) in [4.78, 5) is 0. The molecule has 0 radical (unpaired) electrons. The van der Waals surface area contributed by atoms with Crippen LogP contribution in [0, 0.1) is 0 Å². The normalized spacial score (nSPS) is 12.7. The van der Waals surface area contributed by atoms with Crippen molar-refractivity contribution >= 4 is 10.8 Å². The van der Waals surface area contributed by atoms with Crippen LogP contribution >= 0.6 is 0 Å². The molecule has 3 aromatic rings. The molecule has 0 heterocycles. The van der Waals surface area contributed by atoms with Gasteiger partial charge in [-0.1, -0.05) is 55.8 Å². The van der Waals surface area contributed by atoms with Gasteiger partial charge < -0.3 is 19.9 Å². The van der Waals surface area contributed by atoms with Crippen molar-refractivity contribution in [3.05, 3.63) is 71.8 Å². The van der Waals surface area contributed by atoms with E-state index in [0.29, 0.717) is 6.54 Å². The summed E-state index contributed by atoms with van der Waals surface area (Å²) in [6, 6.07) is 20.6. The number of ether oxygens (including phenoxy) is 2. The van der Waals surface area contributed by atoms with Gasteiger partial charge >= 0.3 is 0 Å². The minimum absolute atomic E-state index is 0.149. The summed E-state index contributed by atoms with van der Waals surface area (Å²) in [5.74, 6) is 1.68. The first-order valence-corrected chi connectivity index (χ1v) is 11.1. The number of fused-ring (bicyclic) bond motifs is 1. The maximum Gasteiger partial charge on any atom is 0.127 e. The van der Waals surface area contributed by atoms with Crippen LogP contribution in [0.15, 0.2) is 60.7 Å². The average Bonchev–Trinajstić information content (AvgIpc) is 2.77. The summed E-state index contributed by atoms with van der Waals surface area (Å²) < 4.78 is 11.2. The molecule has 0 aliphatic heterocycles. The fourth-order valence-electron chi connectivity index (χ4n) is 3.90. The lowest BCUT2D eigenvalue weighted by molar-refractivity contribution is 0.0996. The number of benzene rings is 3. The molecule has 2 N–H and O–H groups in total. The molecule has 1 unspecified atom stereocenters. The maximum absolute atomic E-state index is 10.5. The van der Waals surface area contributed by atoms with Gasteiger partial charge in [0.2, 0.25) is 0 Å². The highest BCUT2D eigenvalue weighted by Gasteiger charge is 2.20. The molecular weight excluding hydrogens is 386 g/mol. The van der Waals surface area contributed by atoms with Crippen molar-refractivity contribution in [2.24, 2.45) is 0 Å². The Labute approximate surface area is 186 Å². The van der Waals surface area contributed by atoms with Crippen LogP contribution in [0.1, 0.15) is 38.3 Å². The highest BCUT2D eigenvalue weighted by Crippen LogP contribution is 2.29.